The van der Waals surface area contributed by atoms with Gasteiger partial charge in [0.25, 0.3) is 5.91 Å². The number of nitrogens with one attached hydrogen (secondary N) is 3. The van der Waals surface area contributed by atoms with Gasteiger partial charge in [-0.05, 0) is 54.0 Å². The van der Waals surface area contributed by atoms with Crippen LogP contribution in [-0.4, -0.2) is 73.5 Å². The third-order valence-corrected chi connectivity index (χ3v) is 8.77. The Morgan fingerprint density at radius 2 is 1.60 bits per heavy atom. The number of nitrogens with zero attached hydrogens (tertiary/aromatic N) is 1. The van der Waals surface area contributed by atoms with Gasteiger partial charge in [-0.25, -0.2) is 4.79 Å². The average molecular weight is 617 g/mol. The molecule has 0 bridgehead atoms. The molecule has 2 aromatic rings. The molecule has 5 rings (SSSR count). The van der Waals surface area contributed by atoms with Crippen molar-refractivity contribution in [1.82, 2.24) is 15.5 Å². The smallest absolute Gasteiger partial charge is 0.318 e. The van der Waals surface area contributed by atoms with E-state index in [1.54, 1.807) is 11.0 Å². The van der Waals surface area contributed by atoms with E-state index in [-0.39, 0.29) is 25.2 Å². The van der Waals surface area contributed by atoms with Gasteiger partial charge in [-0.15, -0.1) is 0 Å². The van der Waals surface area contributed by atoms with E-state index in [1.807, 2.05) is 42.5 Å². The molecular formula is C35H44N4O6. The summed E-state index contributed by atoms with van der Waals surface area (Å²) in [5, 5.41) is 8.41. The normalized spacial score (nSPS) is 17.9. The van der Waals surface area contributed by atoms with Crippen molar-refractivity contribution in [1.29, 1.82) is 0 Å². The third kappa shape index (κ3) is 9.48. The van der Waals surface area contributed by atoms with E-state index < -0.39 is 29.7 Å². The van der Waals surface area contributed by atoms with Gasteiger partial charge in [-0.2, -0.15) is 0 Å². The molecule has 0 aromatic heterocycles. The summed E-state index contributed by atoms with van der Waals surface area (Å²) in [4.78, 5) is 55.4. The number of fused-ring (bicyclic) bond motifs is 1. The third-order valence-electron chi connectivity index (χ3n) is 8.77. The lowest BCUT2D eigenvalue weighted by atomic mass is 9.84. The number of hydrogen-bond acceptors (Lipinski definition) is 6. The molecule has 1 saturated carbocycles. The van der Waals surface area contributed by atoms with Crippen LogP contribution in [0.3, 0.4) is 0 Å². The second kappa shape index (κ2) is 16.3. The summed E-state index contributed by atoms with van der Waals surface area (Å²) in [6, 6.07) is 12.6. The topological polar surface area (TPSA) is 126 Å². The fourth-order valence-electron chi connectivity index (χ4n) is 6.18. The Hall–Kier alpha value is -4.02. The van der Waals surface area contributed by atoms with E-state index in [2.05, 4.69) is 28.1 Å². The largest absolute Gasteiger partial charge is 0.378 e. The minimum atomic E-state index is -1.24. The second-order valence-corrected chi connectivity index (χ2v) is 12.1. The van der Waals surface area contributed by atoms with Crippen molar-refractivity contribution in [3.8, 4) is 0 Å². The van der Waals surface area contributed by atoms with Crippen LogP contribution in [0.1, 0.15) is 55.2 Å². The zero-order valence-electron chi connectivity index (χ0n) is 25.8. The fourth-order valence-corrected chi connectivity index (χ4v) is 6.18. The standard InChI is InChI=1S/C35H44N4O6/c40-32(34(42)36-29-16-15-27-13-7-8-14-28(27)22-29)31(24-45-23-26-11-5-2-6-12-26)37-33(41)30(21-25-9-3-1-4-10-25)38-35(43)39-17-19-44-20-18-39/h2,5-8,11-12,15-16,22,25,30-31H,1,3-4,9-10,13-14,17-21,23-24H2,(H,36,42)(H,37,41)(H,38,43). The molecule has 2 aliphatic carbocycles. The molecule has 10 heteroatoms. The van der Waals surface area contributed by atoms with Gasteiger partial charge in [0.15, 0.2) is 0 Å². The Labute approximate surface area is 264 Å². The lowest BCUT2D eigenvalue weighted by molar-refractivity contribution is -0.139. The second-order valence-electron chi connectivity index (χ2n) is 12.1. The number of Topliss-reactive ketones (excluding diaryl/α,β-unsaturated/α-hetero) is 1. The van der Waals surface area contributed by atoms with Crippen LogP contribution >= 0.6 is 0 Å². The van der Waals surface area contributed by atoms with Gasteiger partial charge in [0.05, 0.1) is 26.4 Å². The number of ketones is 1. The zero-order chi connectivity index (χ0) is 31.4. The maximum absolute atomic E-state index is 13.8. The van der Waals surface area contributed by atoms with Crippen LogP contribution in [0.15, 0.2) is 60.7 Å². The molecule has 0 radical (unpaired) electrons. The summed E-state index contributed by atoms with van der Waals surface area (Å²) in [7, 11) is 0. The highest BCUT2D eigenvalue weighted by atomic mass is 16.5. The number of amides is 4. The molecule has 2 fully saturated rings. The average Bonchev–Trinajstić information content (AvgIpc) is 3.08. The Bertz CT molecular complexity index is 1350. The molecule has 3 N–H and O–H groups in total. The van der Waals surface area contributed by atoms with Crippen molar-refractivity contribution in [2.24, 2.45) is 5.92 Å². The number of ether oxygens (including phenoxy) is 2. The van der Waals surface area contributed by atoms with Crippen LogP contribution in [0.25, 0.3) is 0 Å². The van der Waals surface area contributed by atoms with Crippen molar-refractivity contribution in [2.45, 2.75) is 70.1 Å². The van der Waals surface area contributed by atoms with Crippen LogP contribution in [0.5, 0.6) is 0 Å². The van der Waals surface area contributed by atoms with E-state index in [9.17, 15) is 19.2 Å². The molecule has 1 aliphatic heterocycles. The first kappa shape index (κ1) is 32.4. The fraction of sp³-hybridized carbons (Fsp3) is 0.486. The highest BCUT2D eigenvalue weighted by molar-refractivity contribution is 6.42. The minimum absolute atomic E-state index is 0.199. The maximum atomic E-state index is 13.8. The van der Waals surface area contributed by atoms with Crippen LogP contribution in [0.2, 0.25) is 0 Å². The molecule has 2 atom stereocenters. The highest BCUT2D eigenvalue weighted by Crippen LogP contribution is 2.27. The van der Waals surface area contributed by atoms with Crippen molar-refractivity contribution < 1.29 is 28.7 Å². The van der Waals surface area contributed by atoms with E-state index in [0.29, 0.717) is 38.4 Å². The molecule has 2 aromatic carbocycles. The van der Waals surface area contributed by atoms with Gasteiger partial charge in [0.2, 0.25) is 11.7 Å². The maximum Gasteiger partial charge on any atom is 0.318 e. The molecule has 1 saturated heterocycles. The summed E-state index contributed by atoms with van der Waals surface area (Å²) < 4.78 is 11.2. The van der Waals surface area contributed by atoms with Gasteiger partial charge in [0, 0.05) is 18.8 Å². The van der Waals surface area contributed by atoms with Crippen molar-refractivity contribution in [3.63, 3.8) is 0 Å². The molecule has 10 nitrogen and oxygen atoms in total. The molecule has 240 valence electrons. The lowest BCUT2D eigenvalue weighted by Gasteiger charge is -2.31. The molecular weight excluding hydrogens is 572 g/mol. The Morgan fingerprint density at radius 3 is 2.36 bits per heavy atom. The van der Waals surface area contributed by atoms with Crippen molar-refractivity contribution in [2.75, 3.05) is 38.2 Å². The van der Waals surface area contributed by atoms with E-state index >= 15 is 0 Å². The van der Waals surface area contributed by atoms with Crippen molar-refractivity contribution >= 4 is 29.3 Å². The monoisotopic (exact) mass is 616 g/mol. The summed E-state index contributed by atoms with van der Waals surface area (Å²) >= 11 is 0. The van der Waals surface area contributed by atoms with Crippen LogP contribution in [-0.2, 0) is 43.3 Å². The Morgan fingerprint density at radius 1 is 0.867 bits per heavy atom. The predicted molar refractivity (Wildman–Crippen MR) is 171 cm³/mol. The van der Waals surface area contributed by atoms with Crippen LogP contribution < -0.4 is 16.0 Å². The van der Waals surface area contributed by atoms with Gasteiger partial charge in [0.1, 0.15) is 12.1 Å². The first-order chi connectivity index (χ1) is 22.0. The van der Waals surface area contributed by atoms with Gasteiger partial charge in [-0.3, -0.25) is 14.4 Å². The van der Waals surface area contributed by atoms with E-state index in [0.717, 1.165) is 49.7 Å². The summed E-state index contributed by atoms with van der Waals surface area (Å²) in [6.07, 6.45) is 11.6. The summed E-state index contributed by atoms with van der Waals surface area (Å²) in [5.74, 6) is -1.87. The molecule has 3 aliphatic rings. The first-order valence-electron chi connectivity index (χ1n) is 16.1. The number of urea groups is 1. The Balaban J connectivity index is 1.29. The van der Waals surface area contributed by atoms with Gasteiger partial charge < -0.3 is 30.3 Å². The number of anilines is 1. The number of morpholine rings is 1. The summed E-state index contributed by atoms with van der Waals surface area (Å²) in [5.41, 5.74) is 3.70. The predicted octanol–water partition coefficient (Wildman–Crippen LogP) is 3.93. The molecule has 45 heavy (non-hydrogen) atoms. The number of carbonyl (C=O) groups is 4. The first-order valence-corrected chi connectivity index (χ1v) is 16.1. The van der Waals surface area contributed by atoms with Gasteiger partial charge >= 0.3 is 6.03 Å². The molecule has 2 unspecified atom stereocenters. The highest BCUT2D eigenvalue weighted by Gasteiger charge is 2.33. The number of benzene rings is 2. The van der Waals surface area contributed by atoms with E-state index in [4.69, 9.17) is 9.47 Å². The van der Waals surface area contributed by atoms with Crippen LogP contribution in [0, 0.1) is 5.92 Å². The lowest BCUT2D eigenvalue weighted by Crippen LogP contribution is -2.57. The van der Waals surface area contributed by atoms with Gasteiger partial charge in [-0.1, -0.05) is 80.7 Å². The molecule has 1 heterocycles. The number of carbonyl (C=O) groups excluding carboxylic acids is 4. The van der Waals surface area contributed by atoms with Crippen molar-refractivity contribution in [3.05, 3.63) is 77.4 Å². The summed E-state index contributed by atoms with van der Waals surface area (Å²) in [6.45, 7) is 1.78. The zero-order valence-corrected chi connectivity index (χ0v) is 25.8. The SMILES string of the molecule is O=C(Nc1ccc2c(c1)CC=CC2)C(=O)C(COCc1ccccc1)NC(=O)C(CC1CCCCC1)NC(=O)N1CCOCC1. The number of hydrogen-bond donors (Lipinski definition) is 3. The number of allylic oxidation sites excluding steroid dienone is 2. The number of rotatable bonds is 12. The van der Waals surface area contributed by atoms with Crippen LogP contribution in [0.4, 0.5) is 10.5 Å². The Kier molecular flexibility index (Phi) is 11.8. The minimum Gasteiger partial charge on any atom is -0.378 e. The molecule has 0 spiro atoms. The quantitative estimate of drug-likeness (QED) is 0.245. The molecule has 4 amide bonds. The van der Waals surface area contributed by atoms with E-state index in [1.165, 1.54) is 12.0 Å².